The van der Waals surface area contributed by atoms with E-state index in [0.29, 0.717) is 0 Å². The van der Waals surface area contributed by atoms with E-state index in [0.717, 1.165) is 0 Å². The van der Waals surface area contributed by atoms with Gasteiger partial charge in [0.2, 0.25) is 0 Å². The summed E-state index contributed by atoms with van der Waals surface area (Å²) in [6.45, 7) is 5.28. The third-order valence-electron chi connectivity index (χ3n) is 1.05. The number of hydrogen-bond acceptors (Lipinski definition) is 3. The molecule has 1 rings (SSSR count). The molecule has 0 saturated heterocycles. The highest BCUT2D eigenvalue weighted by Crippen LogP contribution is 2.04. The first-order chi connectivity index (χ1) is 6.81. The van der Waals surface area contributed by atoms with Crippen molar-refractivity contribution in [2.75, 3.05) is 0 Å². The molecular formula is C10H15FN2O2. The molecule has 0 aromatic carbocycles. The maximum absolute atomic E-state index is 11.9. The number of carbonyl (C=O) groups is 1. The minimum atomic E-state index is -0.725. The average Bonchev–Trinajstić information content (AvgIpc) is 2.01. The van der Waals surface area contributed by atoms with Crippen molar-refractivity contribution < 1.29 is 13.9 Å². The molecule has 1 aromatic heterocycles. The molecule has 5 heteroatoms. The van der Waals surface area contributed by atoms with Crippen LogP contribution in [0.15, 0.2) is 24.5 Å². The molecule has 0 unspecified atom stereocenters. The van der Waals surface area contributed by atoms with Crippen molar-refractivity contribution in [3.8, 4) is 0 Å². The molecule has 2 N–H and O–H groups in total. The lowest BCUT2D eigenvalue weighted by atomic mass is 10.2. The molecule has 1 amide bonds. The Kier molecular flexibility index (Phi) is 5.30. The summed E-state index contributed by atoms with van der Waals surface area (Å²) in [5, 5.41) is 0. The zero-order chi connectivity index (χ0) is 11.9. The largest absolute Gasteiger partial charge is 0.444 e. The predicted octanol–water partition coefficient (Wildman–Crippen LogP) is 2.10. The smallest absolute Gasteiger partial charge is 0.405 e. The first-order valence-corrected chi connectivity index (χ1v) is 4.35. The molecule has 0 aliphatic rings. The van der Waals surface area contributed by atoms with Gasteiger partial charge in [0.25, 0.3) is 0 Å². The van der Waals surface area contributed by atoms with Gasteiger partial charge in [0, 0.05) is 12.4 Å². The molecule has 0 bridgehead atoms. The molecule has 0 aliphatic heterocycles. The molecule has 15 heavy (non-hydrogen) atoms. The Hall–Kier alpha value is -1.65. The zero-order valence-electron chi connectivity index (χ0n) is 9.03. The van der Waals surface area contributed by atoms with E-state index in [2.05, 4.69) is 9.72 Å². The van der Waals surface area contributed by atoms with Crippen LogP contribution in [0.25, 0.3) is 0 Å². The molecule has 0 aliphatic carbocycles. The van der Waals surface area contributed by atoms with Gasteiger partial charge in [-0.3, -0.25) is 4.98 Å². The van der Waals surface area contributed by atoms with Crippen molar-refractivity contribution >= 4 is 6.09 Å². The Balaban J connectivity index is 0.000000262. The van der Waals surface area contributed by atoms with Gasteiger partial charge >= 0.3 is 6.09 Å². The number of aromatic nitrogens is 1. The fourth-order valence-corrected chi connectivity index (χ4v) is 0.635. The lowest BCUT2D eigenvalue weighted by molar-refractivity contribution is 0.0600. The highest BCUT2D eigenvalue weighted by molar-refractivity contribution is 5.65. The summed E-state index contributed by atoms with van der Waals surface area (Å²) in [7, 11) is 0. The minimum Gasteiger partial charge on any atom is -0.444 e. The summed E-state index contributed by atoms with van der Waals surface area (Å²) in [5.41, 5.74) is 4.26. The van der Waals surface area contributed by atoms with Gasteiger partial charge in [-0.05, 0) is 32.9 Å². The van der Waals surface area contributed by atoms with E-state index >= 15 is 0 Å². The third-order valence-corrected chi connectivity index (χ3v) is 1.05. The lowest BCUT2D eigenvalue weighted by Crippen LogP contribution is -2.27. The average molecular weight is 214 g/mol. The van der Waals surface area contributed by atoms with Gasteiger partial charge in [-0.1, -0.05) is 0 Å². The number of carbonyl (C=O) groups excluding carboxylic acids is 1. The van der Waals surface area contributed by atoms with Gasteiger partial charge in [0.1, 0.15) is 11.4 Å². The SMILES string of the molecule is CC(C)(C)OC(N)=O.Fc1ccncc1. The van der Waals surface area contributed by atoms with Crippen LogP contribution in [0.3, 0.4) is 0 Å². The second-order valence-electron chi connectivity index (χ2n) is 3.70. The Morgan fingerprint density at radius 1 is 1.40 bits per heavy atom. The Morgan fingerprint density at radius 2 is 1.87 bits per heavy atom. The van der Waals surface area contributed by atoms with Crippen LogP contribution in [0.1, 0.15) is 20.8 Å². The van der Waals surface area contributed by atoms with Gasteiger partial charge in [-0.2, -0.15) is 0 Å². The monoisotopic (exact) mass is 214 g/mol. The van der Waals surface area contributed by atoms with Gasteiger partial charge in [-0.15, -0.1) is 0 Å². The molecule has 1 heterocycles. The fourth-order valence-electron chi connectivity index (χ4n) is 0.635. The Morgan fingerprint density at radius 3 is 2.00 bits per heavy atom. The van der Waals surface area contributed by atoms with E-state index in [4.69, 9.17) is 5.73 Å². The zero-order valence-corrected chi connectivity index (χ0v) is 9.03. The maximum Gasteiger partial charge on any atom is 0.405 e. The summed E-state index contributed by atoms with van der Waals surface area (Å²) < 4.78 is 16.4. The second kappa shape index (κ2) is 5.95. The van der Waals surface area contributed by atoms with Crippen LogP contribution in [-0.2, 0) is 4.74 Å². The first kappa shape index (κ1) is 13.4. The van der Waals surface area contributed by atoms with Crippen molar-refractivity contribution in [3.63, 3.8) is 0 Å². The quantitative estimate of drug-likeness (QED) is 0.719. The molecule has 0 atom stereocenters. The highest BCUT2D eigenvalue weighted by Gasteiger charge is 2.12. The van der Waals surface area contributed by atoms with Gasteiger partial charge in [-0.25, -0.2) is 9.18 Å². The maximum atomic E-state index is 11.9. The number of rotatable bonds is 0. The van der Waals surface area contributed by atoms with Crippen LogP contribution >= 0.6 is 0 Å². The Bertz CT molecular complexity index is 296. The molecule has 0 saturated carbocycles. The van der Waals surface area contributed by atoms with E-state index in [-0.39, 0.29) is 5.82 Å². The number of hydrogen-bond donors (Lipinski definition) is 1. The highest BCUT2D eigenvalue weighted by atomic mass is 19.1. The summed E-state index contributed by atoms with van der Waals surface area (Å²) >= 11 is 0. The van der Waals surface area contributed by atoms with E-state index in [1.807, 2.05) is 0 Å². The summed E-state index contributed by atoms with van der Waals surface area (Å²) in [5.74, 6) is -0.241. The number of amides is 1. The van der Waals surface area contributed by atoms with Crippen molar-refractivity contribution in [1.82, 2.24) is 4.98 Å². The van der Waals surface area contributed by atoms with E-state index in [1.165, 1.54) is 24.5 Å². The molecular weight excluding hydrogens is 199 g/mol. The van der Waals surface area contributed by atoms with Gasteiger partial charge < -0.3 is 10.5 Å². The predicted molar refractivity (Wildman–Crippen MR) is 54.6 cm³/mol. The van der Waals surface area contributed by atoms with Crippen molar-refractivity contribution in [1.29, 1.82) is 0 Å². The van der Waals surface area contributed by atoms with Crippen LogP contribution < -0.4 is 5.73 Å². The van der Waals surface area contributed by atoms with Crippen molar-refractivity contribution in [2.45, 2.75) is 26.4 Å². The summed E-state index contributed by atoms with van der Waals surface area (Å²) in [6, 6.07) is 2.61. The molecule has 0 spiro atoms. The number of halogens is 1. The number of nitrogens with zero attached hydrogens (tertiary/aromatic N) is 1. The van der Waals surface area contributed by atoms with Crippen LogP contribution in [0, 0.1) is 5.82 Å². The van der Waals surface area contributed by atoms with Gasteiger partial charge in [0.15, 0.2) is 0 Å². The molecule has 0 radical (unpaired) electrons. The molecule has 1 aromatic rings. The first-order valence-electron chi connectivity index (χ1n) is 4.35. The van der Waals surface area contributed by atoms with E-state index in [9.17, 15) is 9.18 Å². The third kappa shape index (κ3) is 10.3. The fraction of sp³-hybridized carbons (Fsp3) is 0.400. The van der Waals surface area contributed by atoms with Crippen molar-refractivity contribution in [3.05, 3.63) is 30.3 Å². The number of nitrogens with two attached hydrogens (primary N) is 1. The molecule has 0 fully saturated rings. The van der Waals surface area contributed by atoms with Gasteiger partial charge in [0.05, 0.1) is 0 Å². The van der Waals surface area contributed by atoms with E-state index < -0.39 is 11.7 Å². The Labute approximate surface area is 88.3 Å². The van der Waals surface area contributed by atoms with Crippen LogP contribution in [0.4, 0.5) is 9.18 Å². The second-order valence-corrected chi connectivity index (χ2v) is 3.70. The number of ether oxygens (including phenoxy) is 1. The standard InChI is InChI=1S/C5H4FN.C5H11NO2/c6-5-1-3-7-4-2-5;1-5(2,3)8-4(6)7/h1-4H;1-3H3,(H2,6,7). The van der Waals surface area contributed by atoms with Crippen molar-refractivity contribution in [2.24, 2.45) is 5.73 Å². The van der Waals surface area contributed by atoms with Crippen LogP contribution in [0.2, 0.25) is 0 Å². The normalized spacial score (nSPS) is 9.87. The minimum absolute atomic E-state index is 0.241. The molecule has 84 valence electrons. The van der Waals surface area contributed by atoms with Crippen LogP contribution in [0.5, 0.6) is 0 Å². The number of primary amides is 1. The summed E-state index contributed by atoms with van der Waals surface area (Å²) in [4.78, 5) is 13.6. The summed E-state index contributed by atoms with van der Waals surface area (Å²) in [6.07, 6.45) is 2.10. The van der Waals surface area contributed by atoms with E-state index in [1.54, 1.807) is 20.8 Å². The van der Waals surface area contributed by atoms with Crippen LogP contribution in [-0.4, -0.2) is 16.7 Å². The lowest BCUT2D eigenvalue weighted by Gasteiger charge is -2.16. The molecule has 4 nitrogen and oxygen atoms in total. The number of pyridine rings is 1. The topological polar surface area (TPSA) is 65.2 Å².